The molecule has 0 bridgehead atoms. The molecular formula is C10H16N2O4. The zero-order valence-corrected chi connectivity index (χ0v) is 9.38. The van der Waals surface area contributed by atoms with Crippen LogP contribution in [0.3, 0.4) is 0 Å². The van der Waals surface area contributed by atoms with Gasteiger partial charge in [-0.2, -0.15) is 10.2 Å². The van der Waals surface area contributed by atoms with E-state index in [0.717, 1.165) is 6.20 Å². The van der Waals surface area contributed by atoms with E-state index < -0.39 is 5.97 Å². The van der Waals surface area contributed by atoms with E-state index >= 15 is 0 Å². The highest BCUT2D eigenvalue weighted by Crippen LogP contribution is 2.03. The van der Waals surface area contributed by atoms with Crippen molar-refractivity contribution in [2.24, 2.45) is 10.2 Å². The summed E-state index contributed by atoms with van der Waals surface area (Å²) in [6.07, 6.45) is 3.00. The van der Waals surface area contributed by atoms with E-state index in [2.05, 4.69) is 15.0 Å². The molecule has 16 heavy (non-hydrogen) atoms. The maximum atomic E-state index is 10.7. The lowest BCUT2D eigenvalue weighted by atomic mass is 10.3. The first kappa shape index (κ1) is 14.2. The second kappa shape index (κ2) is 8.46. The van der Waals surface area contributed by atoms with Crippen LogP contribution in [-0.2, 0) is 9.53 Å². The lowest BCUT2D eigenvalue weighted by molar-refractivity contribution is -0.140. The molecule has 0 aromatic heterocycles. The Morgan fingerprint density at radius 2 is 1.75 bits per heavy atom. The van der Waals surface area contributed by atoms with Crippen LogP contribution in [0, 0.1) is 0 Å². The lowest BCUT2D eigenvalue weighted by Crippen LogP contribution is -2.00. The van der Waals surface area contributed by atoms with Crippen LogP contribution in [0.5, 0.6) is 0 Å². The first-order valence-electron chi connectivity index (χ1n) is 4.83. The minimum Gasteiger partial charge on any atom is -0.511 e. The van der Waals surface area contributed by atoms with Crippen molar-refractivity contribution in [3.05, 3.63) is 23.9 Å². The highest BCUT2D eigenvalue weighted by atomic mass is 16.5. The molecule has 0 amide bonds. The molecule has 2 N–H and O–H groups in total. The third-order valence-electron chi connectivity index (χ3n) is 1.66. The second-order valence-corrected chi connectivity index (χ2v) is 2.90. The summed E-state index contributed by atoms with van der Waals surface area (Å²) in [6.45, 7) is 1.77. The maximum absolute atomic E-state index is 10.7. The standard InChI is InChI=1S/C10H16N2O4/c1-3-8(13)6-11-12-7-9(14)4-5-10(15)16-2/h6-7,13-14H,3-5H2,1-2H3. The highest BCUT2D eigenvalue weighted by Gasteiger charge is 2.01. The van der Waals surface area contributed by atoms with Crippen molar-refractivity contribution >= 4 is 5.97 Å². The van der Waals surface area contributed by atoms with Crippen molar-refractivity contribution in [1.29, 1.82) is 0 Å². The van der Waals surface area contributed by atoms with Crippen LogP contribution in [0.15, 0.2) is 34.1 Å². The number of ether oxygens (including phenoxy) is 1. The maximum Gasteiger partial charge on any atom is 0.305 e. The van der Waals surface area contributed by atoms with Crippen LogP contribution in [0.4, 0.5) is 0 Å². The lowest BCUT2D eigenvalue weighted by Gasteiger charge is -1.97. The van der Waals surface area contributed by atoms with E-state index in [1.54, 1.807) is 6.92 Å². The van der Waals surface area contributed by atoms with Crippen molar-refractivity contribution in [3.8, 4) is 0 Å². The topological polar surface area (TPSA) is 91.5 Å². The Bertz CT molecular complexity index is 308. The van der Waals surface area contributed by atoms with Crippen LogP contribution in [-0.4, -0.2) is 23.3 Å². The molecule has 0 unspecified atom stereocenters. The number of rotatable bonds is 6. The van der Waals surface area contributed by atoms with Gasteiger partial charge in [0.05, 0.1) is 25.9 Å². The largest absolute Gasteiger partial charge is 0.511 e. The average Bonchev–Trinajstić information content (AvgIpc) is 2.31. The summed E-state index contributed by atoms with van der Waals surface area (Å²) >= 11 is 0. The third-order valence-corrected chi connectivity index (χ3v) is 1.66. The number of hydrogen-bond donors (Lipinski definition) is 2. The van der Waals surface area contributed by atoms with Gasteiger partial charge in [0, 0.05) is 12.8 Å². The van der Waals surface area contributed by atoms with Gasteiger partial charge >= 0.3 is 5.97 Å². The van der Waals surface area contributed by atoms with E-state index in [1.165, 1.54) is 13.3 Å². The normalized spacial score (nSPS) is 13.1. The van der Waals surface area contributed by atoms with Crippen LogP contribution < -0.4 is 0 Å². The van der Waals surface area contributed by atoms with Gasteiger partial charge in [-0.05, 0) is 0 Å². The molecule has 0 radical (unpaired) electrons. The van der Waals surface area contributed by atoms with E-state index in [9.17, 15) is 9.90 Å². The molecular weight excluding hydrogens is 212 g/mol. The number of azo groups is 1. The number of carbonyl (C=O) groups excluding carboxylic acids is 1. The fourth-order valence-corrected chi connectivity index (χ4v) is 0.688. The van der Waals surface area contributed by atoms with Gasteiger partial charge in [0.2, 0.25) is 0 Å². The van der Waals surface area contributed by atoms with Gasteiger partial charge in [0.25, 0.3) is 0 Å². The van der Waals surface area contributed by atoms with Gasteiger partial charge in [0.15, 0.2) is 0 Å². The van der Waals surface area contributed by atoms with Crippen molar-refractivity contribution in [2.75, 3.05) is 7.11 Å². The monoisotopic (exact) mass is 228 g/mol. The van der Waals surface area contributed by atoms with E-state index in [4.69, 9.17) is 5.11 Å². The van der Waals surface area contributed by atoms with Gasteiger partial charge < -0.3 is 14.9 Å². The predicted molar refractivity (Wildman–Crippen MR) is 57.8 cm³/mol. The van der Waals surface area contributed by atoms with Crippen LogP contribution in [0.1, 0.15) is 26.2 Å². The number of aliphatic hydroxyl groups excluding tert-OH is 2. The molecule has 0 rings (SSSR count). The minimum atomic E-state index is -0.402. The summed E-state index contributed by atoms with van der Waals surface area (Å²) in [4.78, 5) is 10.7. The molecule has 0 heterocycles. The SMILES string of the molecule is CCC(O)=CN=NC=C(O)CCC(=O)OC. The van der Waals surface area contributed by atoms with Crippen LogP contribution >= 0.6 is 0 Å². The van der Waals surface area contributed by atoms with Gasteiger partial charge in [0.1, 0.15) is 11.5 Å². The number of methoxy groups -OCH3 is 1. The van der Waals surface area contributed by atoms with Crippen molar-refractivity contribution < 1.29 is 19.7 Å². The number of esters is 1. The molecule has 90 valence electrons. The molecule has 0 aromatic carbocycles. The minimum absolute atomic E-state index is 0.0708. The van der Waals surface area contributed by atoms with Crippen LogP contribution in [0.2, 0.25) is 0 Å². The molecule has 0 atom stereocenters. The smallest absolute Gasteiger partial charge is 0.305 e. The fraction of sp³-hybridized carbons (Fsp3) is 0.500. The molecule has 0 fully saturated rings. The molecule has 0 aliphatic carbocycles. The molecule has 0 saturated heterocycles. The number of carbonyl (C=O) groups is 1. The Morgan fingerprint density at radius 3 is 2.25 bits per heavy atom. The molecule has 0 aromatic rings. The van der Waals surface area contributed by atoms with E-state index in [1.807, 2.05) is 0 Å². The molecule has 6 nitrogen and oxygen atoms in total. The number of nitrogens with zero attached hydrogens (tertiary/aromatic N) is 2. The zero-order chi connectivity index (χ0) is 12.4. The van der Waals surface area contributed by atoms with Gasteiger partial charge in [-0.15, -0.1) is 0 Å². The summed E-state index contributed by atoms with van der Waals surface area (Å²) in [7, 11) is 1.28. The molecule has 0 aliphatic heterocycles. The summed E-state index contributed by atoms with van der Waals surface area (Å²) in [5.41, 5.74) is 0. The van der Waals surface area contributed by atoms with Gasteiger partial charge in [-0.25, -0.2) is 0 Å². The Hall–Kier alpha value is -1.85. The highest BCUT2D eigenvalue weighted by molar-refractivity contribution is 5.69. The van der Waals surface area contributed by atoms with E-state index in [0.29, 0.717) is 6.42 Å². The number of allylic oxidation sites excluding steroid dienone is 2. The molecule has 6 heteroatoms. The number of aliphatic hydroxyl groups is 2. The Labute approximate surface area is 94.0 Å². The Balaban J connectivity index is 4.00. The first-order chi connectivity index (χ1) is 7.60. The molecule has 0 aliphatic rings. The summed E-state index contributed by atoms with van der Waals surface area (Å²) in [5.74, 6) is -0.370. The third kappa shape index (κ3) is 7.54. The summed E-state index contributed by atoms with van der Waals surface area (Å²) in [6, 6.07) is 0. The Kier molecular flexibility index (Phi) is 7.48. The zero-order valence-electron chi connectivity index (χ0n) is 9.38. The van der Waals surface area contributed by atoms with Gasteiger partial charge in [-0.3, -0.25) is 4.79 Å². The fourth-order valence-electron chi connectivity index (χ4n) is 0.688. The number of hydrogen-bond acceptors (Lipinski definition) is 6. The molecule has 0 spiro atoms. The Morgan fingerprint density at radius 1 is 1.19 bits per heavy atom. The second-order valence-electron chi connectivity index (χ2n) is 2.90. The first-order valence-corrected chi connectivity index (χ1v) is 4.83. The quantitative estimate of drug-likeness (QED) is 0.415. The van der Waals surface area contributed by atoms with Crippen molar-refractivity contribution in [2.45, 2.75) is 26.2 Å². The molecule has 0 saturated carbocycles. The summed E-state index contributed by atoms with van der Waals surface area (Å²) in [5, 5.41) is 25.2. The van der Waals surface area contributed by atoms with Crippen molar-refractivity contribution in [1.82, 2.24) is 0 Å². The predicted octanol–water partition coefficient (Wildman–Crippen LogP) is 2.60. The van der Waals surface area contributed by atoms with E-state index in [-0.39, 0.29) is 24.4 Å². The summed E-state index contributed by atoms with van der Waals surface area (Å²) < 4.78 is 4.40. The average molecular weight is 228 g/mol. The van der Waals surface area contributed by atoms with Gasteiger partial charge in [-0.1, -0.05) is 6.92 Å². The van der Waals surface area contributed by atoms with Crippen LogP contribution in [0.25, 0.3) is 0 Å². The van der Waals surface area contributed by atoms with Crippen molar-refractivity contribution in [3.63, 3.8) is 0 Å².